The fourth-order valence-electron chi connectivity index (χ4n) is 2.09. The lowest BCUT2D eigenvalue weighted by molar-refractivity contribution is 0.575. The smallest absolute Gasteiger partial charge is 0.128 e. The Morgan fingerprint density at radius 1 is 1.22 bits per heavy atom. The molecule has 1 aromatic heterocycles. The number of aryl methyl sites for hydroxylation is 2. The summed E-state index contributed by atoms with van der Waals surface area (Å²) >= 11 is 5.15. The Hall–Kier alpha value is -0.710. The molecule has 18 heavy (non-hydrogen) atoms. The second-order valence-corrected chi connectivity index (χ2v) is 6.94. The highest BCUT2D eigenvalue weighted by Gasteiger charge is 2.19. The third-order valence-corrected chi connectivity index (χ3v) is 4.56. The van der Waals surface area contributed by atoms with Gasteiger partial charge in [-0.25, -0.2) is 4.39 Å². The molecule has 1 unspecified atom stereocenters. The van der Waals surface area contributed by atoms with Crippen LogP contribution in [0, 0.1) is 19.7 Å². The topological polar surface area (TPSA) is 12.0 Å². The van der Waals surface area contributed by atoms with Gasteiger partial charge in [0.15, 0.2) is 0 Å². The number of benzene rings is 1. The number of nitrogens with one attached hydrogen (secondary N) is 1. The van der Waals surface area contributed by atoms with Gasteiger partial charge in [0.2, 0.25) is 0 Å². The number of hydrogen-bond donors (Lipinski definition) is 1. The molecule has 0 saturated carbocycles. The predicted octanol–water partition coefficient (Wildman–Crippen LogP) is 4.58. The minimum Gasteiger partial charge on any atom is -0.309 e. The van der Waals surface area contributed by atoms with Crippen LogP contribution >= 0.6 is 27.3 Å². The van der Waals surface area contributed by atoms with Gasteiger partial charge < -0.3 is 5.32 Å². The molecule has 1 aromatic carbocycles. The third kappa shape index (κ3) is 2.66. The van der Waals surface area contributed by atoms with Gasteiger partial charge in [-0.2, -0.15) is 0 Å². The molecular formula is C14H15BrFNS. The predicted molar refractivity (Wildman–Crippen MR) is 78.8 cm³/mol. The quantitative estimate of drug-likeness (QED) is 0.870. The molecule has 96 valence electrons. The molecule has 0 bridgehead atoms. The monoisotopic (exact) mass is 327 g/mol. The summed E-state index contributed by atoms with van der Waals surface area (Å²) < 4.78 is 15.1. The minimum absolute atomic E-state index is 0.104. The second-order valence-electron chi connectivity index (χ2n) is 4.31. The van der Waals surface area contributed by atoms with Crippen molar-refractivity contribution in [2.24, 2.45) is 0 Å². The molecule has 2 aromatic rings. The van der Waals surface area contributed by atoms with E-state index in [-0.39, 0.29) is 11.9 Å². The van der Waals surface area contributed by atoms with Crippen LogP contribution in [0.3, 0.4) is 0 Å². The van der Waals surface area contributed by atoms with Crippen molar-refractivity contribution >= 4 is 27.3 Å². The van der Waals surface area contributed by atoms with Crippen LogP contribution in [0.25, 0.3) is 0 Å². The van der Waals surface area contributed by atoms with Gasteiger partial charge in [-0.1, -0.05) is 12.1 Å². The fourth-order valence-corrected chi connectivity index (χ4v) is 3.84. The highest BCUT2D eigenvalue weighted by molar-refractivity contribution is 9.11. The van der Waals surface area contributed by atoms with Crippen molar-refractivity contribution in [2.45, 2.75) is 19.9 Å². The molecule has 1 heterocycles. The van der Waals surface area contributed by atoms with Crippen molar-refractivity contribution < 1.29 is 4.39 Å². The van der Waals surface area contributed by atoms with Gasteiger partial charge >= 0.3 is 0 Å². The Bertz CT molecular complexity index is 565. The first-order chi connectivity index (χ1) is 8.52. The van der Waals surface area contributed by atoms with Crippen LogP contribution in [-0.2, 0) is 0 Å². The zero-order valence-electron chi connectivity index (χ0n) is 10.6. The highest BCUT2D eigenvalue weighted by Crippen LogP contribution is 2.34. The van der Waals surface area contributed by atoms with Gasteiger partial charge in [-0.15, -0.1) is 11.3 Å². The molecule has 1 nitrogen and oxygen atoms in total. The van der Waals surface area contributed by atoms with E-state index in [1.807, 2.05) is 26.1 Å². The first-order valence-corrected chi connectivity index (χ1v) is 7.33. The summed E-state index contributed by atoms with van der Waals surface area (Å²) in [7, 11) is 1.86. The van der Waals surface area contributed by atoms with E-state index in [2.05, 4.69) is 34.2 Å². The van der Waals surface area contributed by atoms with Crippen LogP contribution in [0.1, 0.15) is 27.6 Å². The van der Waals surface area contributed by atoms with Gasteiger partial charge in [-0.05, 0) is 60.1 Å². The minimum atomic E-state index is -0.156. The summed E-state index contributed by atoms with van der Waals surface area (Å²) in [4.78, 5) is 1.20. The Morgan fingerprint density at radius 2 is 1.94 bits per heavy atom. The van der Waals surface area contributed by atoms with E-state index in [4.69, 9.17) is 0 Å². The van der Waals surface area contributed by atoms with E-state index in [1.54, 1.807) is 17.4 Å². The maximum atomic E-state index is 14.1. The normalized spacial score (nSPS) is 12.7. The lowest BCUT2D eigenvalue weighted by Crippen LogP contribution is -2.19. The van der Waals surface area contributed by atoms with Crippen LogP contribution in [0.2, 0.25) is 0 Å². The molecule has 0 aliphatic rings. The van der Waals surface area contributed by atoms with Crippen molar-refractivity contribution in [2.75, 3.05) is 7.05 Å². The summed E-state index contributed by atoms with van der Waals surface area (Å²) in [6.07, 6.45) is 0. The van der Waals surface area contributed by atoms with Gasteiger partial charge in [0.05, 0.1) is 9.83 Å². The average molecular weight is 328 g/mol. The fraction of sp³-hybridized carbons (Fsp3) is 0.286. The maximum Gasteiger partial charge on any atom is 0.128 e. The molecule has 0 aliphatic heterocycles. The largest absolute Gasteiger partial charge is 0.309 e. The molecule has 1 atom stereocenters. The Morgan fingerprint density at radius 3 is 2.44 bits per heavy atom. The van der Waals surface area contributed by atoms with Crippen LogP contribution < -0.4 is 5.32 Å². The summed E-state index contributed by atoms with van der Waals surface area (Å²) in [5.41, 5.74) is 2.75. The summed E-state index contributed by atoms with van der Waals surface area (Å²) in [6.45, 7) is 3.95. The summed E-state index contributed by atoms with van der Waals surface area (Å²) in [6, 6.07) is 7.33. The van der Waals surface area contributed by atoms with Crippen molar-refractivity contribution in [3.63, 3.8) is 0 Å². The van der Waals surface area contributed by atoms with Crippen molar-refractivity contribution in [1.82, 2.24) is 5.32 Å². The molecule has 0 fully saturated rings. The number of hydrogen-bond acceptors (Lipinski definition) is 2. The van der Waals surface area contributed by atoms with Gasteiger partial charge in [0.1, 0.15) is 5.82 Å². The Kier molecular flexibility index (Phi) is 4.20. The summed E-state index contributed by atoms with van der Waals surface area (Å²) in [5.74, 6) is -0.156. The molecule has 0 aliphatic carbocycles. The van der Waals surface area contributed by atoms with Gasteiger partial charge in [0.25, 0.3) is 0 Å². The van der Waals surface area contributed by atoms with Crippen LogP contribution in [0.4, 0.5) is 4.39 Å². The molecule has 1 N–H and O–H groups in total. The second kappa shape index (κ2) is 5.51. The zero-order chi connectivity index (χ0) is 13.3. The average Bonchev–Trinajstić information content (AvgIpc) is 2.62. The molecule has 4 heteroatoms. The molecule has 2 rings (SSSR count). The Balaban J connectivity index is 2.48. The van der Waals surface area contributed by atoms with E-state index in [1.165, 1.54) is 4.88 Å². The van der Waals surface area contributed by atoms with Crippen molar-refractivity contribution in [3.05, 3.63) is 55.4 Å². The molecule has 0 spiro atoms. The van der Waals surface area contributed by atoms with Gasteiger partial charge in [-0.3, -0.25) is 0 Å². The first kappa shape index (κ1) is 13.7. The Labute approximate surface area is 119 Å². The molecule has 0 saturated heterocycles. The SMILES string of the molecule is CNC(c1ccc(C)cc1F)c1cc(Br)sc1C. The third-order valence-electron chi connectivity index (χ3n) is 2.99. The highest BCUT2D eigenvalue weighted by atomic mass is 79.9. The standard InChI is InChI=1S/C14H15BrFNS/c1-8-4-5-10(12(16)6-8)14(17-3)11-7-13(15)18-9(11)2/h4-7,14,17H,1-3H3. The van der Waals surface area contributed by atoms with Crippen LogP contribution in [0.5, 0.6) is 0 Å². The van der Waals surface area contributed by atoms with Crippen molar-refractivity contribution in [1.29, 1.82) is 0 Å². The molecular weight excluding hydrogens is 313 g/mol. The molecule has 0 amide bonds. The summed E-state index contributed by atoms with van der Waals surface area (Å²) in [5, 5.41) is 3.19. The van der Waals surface area contributed by atoms with Gasteiger partial charge in [0, 0.05) is 10.4 Å². The lowest BCUT2D eigenvalue weighted by atomic mass is 9.98. The van der Waals surface area contributed by atoms with E-state index in [0.29, 0.717) is 5.56 Å². The zero-order valence-corrected chi connectivity index (χ0v) is 13.0. The maximum absolute atomic E-state index is 14.1. The number of halogens is 2. The van der Waals surface area contributed by atoms with E-state index >= 15 is 0 Å². The lowest BCUT2D eigenvalue weighted by Gasteiger charge is -2.18. The van der Waals surface area contributed by atoms with E-state index in [0.717, 1.165) is 14.9 Å². The van der Waals surface area contributed by atoms with Crippen molar-refractivity contribution in [3.8, 4) is 0 Å². The number of thiophene rings is 1. The van der Waals surface area contributed by atoms with E-state index in [9.17, 15) is 4.39 Å². The first-order valence-electron chi connectivity index (χ1n) is 5.72. The van der Waals surface area contributed by atoms with E-state index < -0.39 is 0 Å². The molecule has 0 radical (unpaired) electrons. The van der Waals surface area contributed by atoms with Crippen LogP contribution in [0.15, 0.2) is 28.1 Å². The van der Waals surface area contributed by atoms with Crippen LogP contribution in [-0.4, -0.2) is 7.05 Å². The number of rotatable bonds is 3.